The number of allylic oxidation sites excluding steroid dienone is 4. The van der Waals surface area contributed by atoms with Crippen molar-refractivity contribution in [3.05, 3.63) is 111 Å². The molecule has 0 aliphatic heterocycles. The summed E-state index contributed by atoms with van der Waals surface area (Å²) in [6, 6.07) is 20.4. The zero-order valence-electron chi connectivity index (χ0n) is 20.7. The lowest BCUT2D eigenvalue weighted by atomic mass is 9.71. The van der Waals surface area contributed by atoms with E-state index in [1.807, 2.05) is 47.8 Å². The second kappa shape index (κ2) is 11.5. The minimum atomic E-state index is -0.297. The van der Waals surface area contributed by atoms with Crippen molar-refractivity contribution in [1.29, 1.82) is 5.41 Å². The molecule has 0 saturated carbocycles. The van der Waals surface area contributed by atoms with Crippen molar-refractivity contribution < 1.29 is 9.18 Å². The molecule has 2 aromatic carbocycles. The number of thiophene rings is 1. The number of halogens is 1. The number of carbonyl (C=O) groups excluding carboxylic acids is 1. The fraction of sp³-hybridized carbons (Fsp3) is 0.267. The van der Waals surface area contributed by atoms with Crippen LogP contribution in [0, 0.1) is 10.8 Å². The molecule has 0 saturated heterocycles. The van der Waals surface area contributed by atoms with Crippen LogP contribution in [-0.2, 0) is 11.2 Å². The highest BCUT2D eigenvalue weighted by atomic mass is 32.1. The monoisotopic (exact) mass is 501 g/mol. The summed E-state index contributed by atoms with van der Waals surface area (Å²) in [6.45, 7) is 4.85. The lowest BCUT2D eigenvalue weighted by Gasteiger charge is -2.36. The summed E-state index contributed by atoms with van der Waals surface area (Å²) in [5, 5.41) is 16.5. The normalized spacial score (nSPS) is 14.4. The van der Waals surface area contributed by atoms with E-state index in [4.69, 9.17) is 5.41 Å². The fourth-order valence-corrected chi connectivity index (χ4v) is 5.39. The van der Waals surface area contributed by atoms with Gasteiger partial charge in [0.05, 0.1) is 6.42 Å². The summed E-state index contributed by atoms with van der Waals surface area (Å²) in [4.78, 5) is 13.7. The highest BCUT2D eigenvalue weighted by Crippen LogP contribution is 2.41. The van der Waals surface area contributed by atoms with Gasteiger partial charge in [0, 0.05) is 46.9 Å². The zero-order valence-corrected chi connectivity index (χ0v) is 21.5. The summed E-state index contributed by atoms with van der Waals surface area (Å²) >= 11 is 1.59. The van der Waals surface area contributed by atoms with Gasteiger partial charge < -0.3 is 16.0 Å². The van der Waals surface area contributed by atoms with E-state index in [-0.39, 0.29) is 23.1 Å². The molecule has 3 aromatic rings. The van der Waals surface area contributed by atoms with E-state index < -0.39 is 0 Å². The van der Waals surface area contributed by atoms with Crippen molar-refractivity contribution in [2.45, 2.75) is 39.0 Å². The van der Waals surface area contributed by atoms with Gasteiger partial charge in [0.25, 0.3) is 0 Å². The third-order valence-electron chi connectivity index (χ3n) is 6.53. The molecule has 0 spiro atoms. The van der Waals surface area contributed by atoms with Crippen LogP contribution in [0.1, 0.15) is 54.2 Å². The molecule has 4 rings (SSSR count). The summed E-state index contributed by atoms with van der Waals surface area (Å²) in [5.41, 5.74) is 4.45. The third kappa shape index (κ3) is 6.38. The molecule has 1 atom stereocenters. The molecule has 3 N–H and O–H groups in total. The van der Waals surface area contributed by atoms with E-state index in [1.165, 1.54) is 12.3 Å². The summed E-state index contributed by atoms with van der Waals surface area (Å²) < 4.78 is 13.4. The van der Waals surface area contributed by atoms with Gasteiger partial charge in [0.2, 0.25) is 5.91 Å². The Morgan fingerprint density at radius 1 is 1.08 bits per heavy atom. The minimum absolute atomic E-state index is 0.000543. The average molecular weight is 502 g/mol. The first-order valence-electron chi connectivity index (χ1n) is 12.2. The molecule has 1 aliphatic rings. The van der Waals surface area contributed by atoms with Gasteiger partial charge in [-0.15, -0.1) is 11.3 Å². The third-order valence-corrected chi connectivity index (χ3v) is 7.41. The van der Waals surface area contributed by atoms with Crippen molar-refractivity contribution in [2.75, 3.05) is 11.9 Å². The maximum absolute atomic E-state index is 13.4. The van der Waals surface area contributed by atoms with Crippen LogP contribution in [0.15, 0.2) is 89.7 Å². The van der Waals surface area contributed by atoms with Gasteiger partial charge in [-0.05, 0) is 58.7 Å². The number of anilines is 1. The Morgan fingerprint density at radius 3 is 2.56 bits per heavy atom. The van der Waals surface area contributed by atoms with Gasteiger partial charge in [-0.1, -0.05) is 56.3 Å². The van der Waals surface area contributed by atoms with Crippen molar-refractivity contribution in [3.8, 4) is 0 Å². The second-order valence-corrected chi connectivity index (χ2v) is 10.8. The van der Waals surface area contributed by atoms with Crippen LogP contribution < -0.4 is 10.6 Å². The predicted octanol–water partition coefficient (Wildman–Crippen LogP) is 7.21. The standard InChI is InChI=1S/C30H32FN3OS/c1-30(2,20-33-28(35)18-26-9-6-16-36-26)29(21-7-4-3-5-8-21)22-10-15-27(23(17-22)19-32)34-25-13-11-24(31)12-14-25/h3-11,13,15-17,19,29,32,34H,12,14,18,20H2,1-2H3,(H,33,35)/t29-/m1/s1. The first-order chi connectivity index (χ1) is 17.4. The molecule has 4 nitrogen and oxygen atoms in total. The smallest absolute Gasteiger partial charge is 0.225 e. The number of hydrogen-bond donors (Lipinski definition) is 3. The first-order valence-corrected chi connectivity index (χ1v) is 13.0. The van der Waals surface area contributed by atoms with Gasteiger partial charge in [0.15, 0.2) is 0 Å². The van der Waals surface area contributed by atoms with Gasteiger partial charge in [-0.25, -0.2) is 4.39 Å². The Bertz CT molecular complexity index is 1260. The van der Waals surface area contributed by atoms with Crippen LogP contribution in [-0.4, -0.2) is 18.7 Å². The molecule has 0 radical (unpaired) electrons. The van der Waals surface area contributed by atoms with E-state index in [0.717, 1.165) is 33.0 Å². The molecule has 0 fully saturated rings. The molecular weight excluding hydrogens is 469 g/mol. The predicted molar refractivity (Wildman–Crippen MR) is 148 cm³/mol. The number of carbonyl (C=O) groups is 1. The van der Waals surface area contributed by atoms with Crippen LogP contribution in [0.4, 0.5) is 10.1 Å². The van der Waals surface area contributed by atoms with E-state index in [0.29, 0.717) is 25.8 Å². The SMILES string of the molecule is CC(C)(CNC(=O)Cc1cccs1)[C@H](c1ccccc1)c1ccc(NC2=CC=C(F)CC2)c(C=N)c1. The highest BCUT2D eigenvalue weighted by Gasteiger charge is 2.33. The van der Waals surface area contributed by atoms with Crippen LogP contribution in [0.2, 0.25) is 0 Å². The van der Waals surface area contributed by atoms with Crippen molar-refractivity contribution in [1.82, 2.24) is 5.32 Å². The first kappa shape index (κ1) is 25.6. The molecule has 186 valence electrons. The van der Waals surface area contributed by atoms with Gasteiger partial charge in [-0.2, -0.15) is 0 Å². The second-order valence-electron chi connectivity index (χ2n) is 9.79. The Kier molecular flexibility index (Phi) is 8.16. The maximum Gasteiger partial charge on any atom is 0.225 e. The Hall–Kier alpha value is -3.51. The minimum Gasteiger partial charge on any atom is -0.358 e. The molecule has 0 bridgehead atoms. The van der Waals surface area contributed by atoms with E-state index >= 15 is 0 Å². The van der Waals surface area contributed by atoms with Gasteiger partial charge in [0.1, 0.15) is 5.83 Å². The van der Waals surface area contributed by atoms with Crippen molar-refractivity contribution >= 4 is 29.1 Å². The van der Waals surface area contributed by atoms with Crippen molar-refractivity contribution in [3.63, 3.8) is 0 Å². The fourth-order valence-electron chi connectivity index (χ4n) is 4.69. The van der Waals surface area contributed by atoms with Gasteiger partial charge in [-0.3, -0.25) is 4.79 Å². The van der Waals surface area contributed by atoms with Crippen LogP contribution in [0.25, 0.3) is 0 Å². The molecule has 1 aliphatic carbocycles. The number of amides is 1. The molecule has 1 heterocycles. The Balaban J connectivity index is 1.59. The summed E-state index contributed by atoms with van der Waals surface area (Å²) in [7, 11) is 0. The molecule has 1 aromatic heterocycles. The topological polar surface area (TPSA) is 65.0 Å². The summed E-state index contributed by atoms with van der Waals surface area (Å²) in [6.07, 6.45) is 5.98. The van der Waals surface area contributed by atoms with E-state index in [9.17, 15) is 9.18 Å². The Morgan fingerprint density at radius 2 is 1.89 bits per heavy atom. The Labute approximate surface area is 216 Å². The quantitative estimate of drug-likeness (QED) is 0.257. The number of nitrogens with one attached hydrogen (secondary N) is 3. The molecular formula is C30H32FN3OS. The lowest BCUT2D eigenvalue weighted by Crippen LogP contribution is -2.38. The number of benzene rings is 2. The van der Waals surface area contributed by atoms with E-state index in [1.54, 1.807) is 17.4 Å². The largest absolute Gasteiger partial charge is 0.358 e. The molecule has 6 heteroatoms. The lowest BCUT2D eigenvalue weighted by molar-refractivity contribution is -0.120. The van der Waals surface area contributed by atoms with E-state index in [2.05, 4.69) is 42.7 Å². The number of rotatable bonds is 10. The van der Waals surface area contributed by atoms with Gasteiger partial charge >= 0.3 is 0 Å². The zero-order chi connectivity index (χ0) is 25.5. The average Bonchev–Trinajstić information content (AvgIpc) is 3.39. The highest BCUT2D eigenvalue weighted by molar-refractivity contribution is 7.10. The molecule has 1 amide bonds. The number of hydrogen-bond acceptors (Lipinski definition) is 4. The van der Waals surface area contributed by atoms with Crippen LogP contribution in [0.3, 0.4) is 0 Å². The van der Waals surface area contributed by atoms with Crippen molar-refractivity contribution in [2.24, 2.45) is 5.41 Å². The van der Waals surface area contributed by atoms with Crippen LogP contribution >= 0.6 is 11.3 Å². The molecule has 36 heavy (non-hydrogen) atoms. The van der Waals surface area contributed by atoms with Crippen LogP contribution in [0.5, 0.6) is 0 Å². The maximum atomic E-state index is 13.4. The summed E-state index contributed by atoms with van der Waals surface area (Å²) in [5.74, 6) is -0.0960. The molecule has 0 unspecified atom stereocenters.